The second-order valence-corrected chi connectivity index (χ2v) is 6.75. The molecule has 0 radical (unpaired) electrons. The first-order chi connectivity index (χ1) is 14.0. The highest BCUT2D eigenvalue weighted by Gasteiger charge is 2.17. The van der Waals surface area contributed by atoms with E-state index in [4.69, 9.17) is 0 Å². The number of hydrogen-bond acceptors (Lipinski definition) is 4. The highest BCUT2D eigenvalue weighted by molar-refractivity contribution is 5.99. The van der Waals surface area contributed by atoms with E-state index >= 15 is 0 Å². The molecule has 0 spiro atoms. The van der Waals surface area contributed by atoms with Crippen molar-refractivity contribution in [1.29, 1.82) is 0 Å². The van der Waals surface area contributed by atoms with E-state index < -0.39 is 5.97 Å². The van der Waals surface area contributed by atoms with Crippen LogP contribution in [0, 0.1) is 19.7 Å². The number of carboxylic acid groups (broad SMARTS) is 1. The van der Waals surface area contributed by atoms with Crippen LogP contribution in [-0.2, 0) is 0 Å². The standard InChI is InChI=1S/C23H18FN3O2/c1-13-16(23(28)29)6-5-8-18(13)26-21-14(2)22(19-7-3-4-11-25-19)27-20-12-15(24)9-10-17(20)21/h3-12H,1-2H3,(H,26,27)(H,28,29). The topological polar surface area (TPSA) is 75.1 Å². The van der Waals surface area contributed by atoms with E-state index in [1.807, 2.05) is 31.2 Å². The van der Waals surface area contributed by atoms with E-state index in [-0.39, 0.29) is 11.4 Å². The summed E-state index contributed by atoms with van der Waals surface area (Å²) < 4.78 is 13.9. The van der Waals surface area contributed by atoms with Gasteiger partial charge in [0, 0.05) is 28.9 Å². The lowest BCUT2D eigenvalue weighted by molar-refractivity contribution is 0.0696. The molecule has 0 saturated heterocycles. The number of pyridine rings is 2. The van der Waals surface area contributed by atoms with Crippen molar-refractivity contribution in [3.8, 4) is 11.4 Å². The summed E-state index contributed by atoms with van der Waals surface area (Å²) in [6.07, 6.45) is 1.68. The fourth-order valence-corrected chi connectivity index (χ4v) is 3.38. The van der Waals surface area contributed by atoms with E-state index in [9.17, 15) is 14.3 Å². The summed E-state index contributed by atoms with van der Waals surface area (Å²) in [5, 5.41) is 13.5. The molecule has 4 rings (SSSR count). The predicted molar refractivity (Wildman–Crippen MR) is 111 cm³/mol. The van der Waals surface area contributed by atoms with Crippen molar-refractivity contribution in [2.45, 2.75) is 13.8 Å². The van der Waals surface area contributed by atoms with Crippen LogP contribution in [0.15, 0.2) is 60.8 Å². The number of nitrogens with zero attached hydrogens (tertiary/aromatic N) is 2. The van der Waals surface area contributed by atoms with Gasteiger partial charge in [-0.1, -0.05) is 12.1 Å². The number of aromatic nitrogens is 2. The van der Waals surface area contributed by atoms with Crippen LogP contribution >= 0.6 is 0 Å². The molecule has 0 aliphatic heterocycles. The van der Waals surface area contributed by atoms with E-state index in [1.54, 1.807) is 31.3 Å². The van der Waals surface area contributed by atoms with Crippen LogP contribution in [0.25, 0.3) is 22.3 Å². The lowest BCUT2D eigenvalue weighted by atomic mass is 10.0. The molecule has 0 saturated carbocycles. The number of anilines is 2. The summed E-state index contributed by atoms with van der Waals surface area (Å²) >= 11 is 0. The third-order valence-electron chi connectivity index (χ3n) is 4.92. The van der Waals surface area contributed by atoms with Crippen LogP contribution in [0.3, 0.4) is 0 Å². The second kappa shape index (κ2) is 7.31. The zero-order valence-corrected chi connectivity index (χ0v) is 15.9. The largest absolute Gasteiger partial charge is 0.478 e. The summed E-state index contributed by atoms with van der Waals surface area (Å²) in [5.41, 5.74) is 4.88. The average Bonchev–Trinajstić information content (AvgIpc) is 2.71. The smallest absolute Gasteiger partial charge is 0.336 e. The maximum absolute atomic E-state index is 13.9. The molecular weight excluding hydrogens is 369 g/mol. The molecule has 29 heavy (non-hydrogen) atoms. The Balaban J connectivity index is 1.95. The van der Waals surface area contributed by atoms with Crippen LogP contribution in [0.4, 0.5) is 15.8 Å². The van der Waals surface area contributed by atoms with Gasteiger partial charge in [0.15, 0.2) is 0 Å². The van der Waals surface area contributed by atoms with Crippen LogP contribution in [0.2, 0.25) is 0 Å². The summed E-state index contributed by atoms with van der Waals surface area (Å²) in [6, 6.07) is 15.0. The third-order valence-corrected chi connectivity index (χ3v) is 4.92. The van der Waals surface area contributed by atoms with Crippen molar-refractivity contribution in [2.75, 3.05) is 5.32 Å². The minimum Gasteiger partial charge on any atom is -0.478 e. The molecule has 0 aliphatic carbocycles. The number of fused-ring (bicyclic) bond motifs is 1. The summed E-state index contributed by atoms with van der Waals surface area (Å²) in [4.78, 5) is 20.5. The number of halogens is 1. The molecule has 4 aromatic rings. The summed E-state index contributed by atoms with van der Waals surface area (Å²) in [5.74, 6) is -1.37. The SMILES string of the molecule is Cc1c(Nc2c(C)c(-c3ccccn3)nc3cc(F)ccc23)cccc1C(=O)O. The maximum Gasteiger partial charge on any atom is 0.336 e. The van der Waals surface area contributed by atoms with Crippen molar-refractivity contribution in [3.05, 3.63) is 83.3 Å². The molecule has 0 atom stereocenters. The minimum absolute atomic E-state index is 0.224. The first-order valence-electron chi connectivity index (χ1n) is 9.07. The lowest BCUT2D eigenvalue weighted by Gasteiger charge is -2.18. The van der Waals surface area contributed by atoms with Crippen molar-refractivity contribution < 1.29 is 14.3 Å². The molecule has 0 bridgehead atoms. The van der Waals surface area contributed by atoms with Gasteiger partial charge in [-0.2, -0.15) is 0 Å². The molecule has 0 amide bonds. The molecule has 2 aromatic carbocycles. The third kappa shape index (κ3) is 3.40. The summed E-state index contributed by atoms with van der Waals surface area (Å²) in [7, 11) is 0. The van der Waals surface area contributed by atoms with Gasteiger partial charge in [0.25, 0.3) is 0 Å². The number of benzene rings is 2. The number of carbonyl (C=O) groups is 1. The maximum atomic E-state index is 13.9. The monoisotopic (exact) mass is 387 g/mol. The van der Waals surface area contributed by atoms with Gasteiger partial charge in [-0.05, 0) is 55.8 Å². The Morgan fingerprint density at radius 3 is 2.59 bits per heavy atom. The Morgan fingerprint density at radius 1 is 1.03 bits per heavy atom. The normalized spacial score (nSPS) is 10.9. The van der Waals surface area contributed by atoms with Crippen LogP contribution < -0.4 is 5.32 Å². The molecule has 2 heterocycles. The Hall–Kier alpha value is -3.80. The molecule has 0 unspecified atom stereocenters. The molecule has 5 nitrogen and oxygen atoms in total. The van der Waals surface area contributed by atoms with E-state index in [0.717, 1.165) is 16.6 Å². The number of carboxylic acids is 1. The van der Waals surface area contributed by atoms with Crippen molar-refractivity contribution in [3.63, 3.8) is 0 Å². The van der Waals surface area contributed by atoms with Crippen LogP contribution in [-0.4, -0.2) is 21.0 Å². The number of hydrogen-bond donors (Lipinski definition) is 2. The van der Waals surface area contributed by atoms with Gasteiger partial charge in [-0.3, -0.25) is 4.98 Å². The number of aromatic carboxylic acids is 1. The van der Waals surface area contributed by atoms with Gasteiger partial charge in [0.05, 0.1) is 28.2 Å². The van der Waals surface area contributed by atoms with Gasteiger partial charge in [-0.25, -0.2) is 14.2 Å². The fraction of sp³-hybridized carbons (Fsp3) is 0.0870. The molecule has 144 valence electrons. The Morgan fingerprint density at radius 2 is 1.86 bits per heavy atom. The Bertz CT molecular complexity index is 1240. The van der Waals surface area contributed by atoms with Gasteiger partial charge < -0.3 is 10.4 Å². The van der Waals surface area contributed by atoms with Crippen LogP contribution in [0.5, 0.6) is 0 Å². The van der Waals surface area contributed by atoms with Gasteiger partial charge in [0.2, 0.25) is 0 Å². The van der Waals surface area contributed by atoms with Crippen molar-refractivity contribution in [1.82, 2.24) is 9.97 Å². The van der Waals surface area contributed by atoms with E-state index in [0.29, 0.717) is 28.2 Å². The highest BCUT2D eigenvalue weighted by atomic mass is 19.1. The fourth-order valence-electron chi connectivity index (χ4n) is 3.38. The first kappa shape index (κ1) is 18.6. The van der Waals surface area contributed by atoms with Crippen molar-refractivity contribution in [2.24, 2.45) is 0 Å². The molecule has 2 aromatic heterocycles. The highest BCUT2D eigenvalue weighted by Crippen LogP contribution is 2.35. The Labute approximate surface area is 166 Å². The quantitative estimate of drug-likeness (QED) is 0.484. The van der Waals surface area contributed by atoms with Gasteiger partial charge in [-0.15, -0.1) is 0 Å². The Kier molecular flexibility index (Phi) is 4.68. The summed E-state index contributed by atoms with van der Waals surface area (Å²) in [6.45, 7) is 3.67. The predicted octanol–water partition coefficient (Wildman–Crippen LogP) is 5.49. The van der Waals surface area contributed by atoms with E-state index in [2.05, 4.69) is 15.3 Å². The minimum atomic E-state index is -0.987. The molecule has 2 N–H and O–H groups in total. The average molecular weight is 387 g/mol. The second-order valence-electron chi connectivity index (χ2n) is 6.75. The molecule has 6 heteroatoms. The zero-order chi connectivity index (χ0) is 20.5. The van der Waals surface area contributed by atoms with Crippen molar-refractivity contribution >= 4 is 28.2 Å². The van der Waals surface area contributed by atoms with E-state index in [1.165, 1.54) is 12.1 Å². The molecule has 0 aliphatic rings. The lowest BCUT2D eigenvalue weighted by Crippen LogP contribution is -2.05. The molecular formula is C23H18FN3O2. The van der Waals surface area contributed by atoms with Gasteiger partial charge in [0.1, 0.15) is 5.82 Å². The number of rotatable bonds is 4. The van der Waals surface area contributed by atoms with Crippen LogP contribution in [0.1, 0.15) is 21.5 Å². The number of nitrogens with one attached hydrogen (secondary N) is 1. The molecule has 0 fully saturated rings. The first-order valence-corrected chi connectivity index (χ1v) is 9.07. The zero-order valence-electron chi connectivity index (χ0n) is 15.9. The van der Waals surface area contributed by atoms with Gasteiger partial charge >= 0.3 is 5.97 Å².